The maximum absolute atomic E-state index is 12.6. The summed E-state index contributed by atoms with van der Waals surface area (Å²) in [4.78, 5) is 42.2. The van der Waals surface area contributed by atoms with E-state index < -0.39 is 6.04 Å². The molecule has 2 aliphatic rings. The van der Waals surface area contributed by atoms with Crippen LogP contribution in [0.1, 0.15) is 12.5 Å². The average molecular weight is 345 g/mol. The van der Waals surface area contributed by atoms with Crippen molar-refractivity contribution in [2.45, 2.75) is 19.5 Å². The third kappa shape index (κ3) is 3.99. The molecule has 3 rings (SSSR count). The molecule has 2 saturated heterocycles. The number of benzene rings is 1. The van der Waals surface area contributed by atoms with E-state index in [-0.39, 0.29) is 30.8 Å². The molecule has 2 aliphatic heterocycles. The lowest BCUT2D eigenvalue weighted by molar-refractivity contribution is -0.158. The first-order chi connectivity index (χ1) is 12.1. The first kappa shape index (κ1) is 17.4. The number of nitrogens with zero attached hydrogens (tertiary/aromatic N) is 3. The van der Waals surface area contributed by atoms with E-state index in [0.717, 1.165) is 5.56 Å². The van der Waals surface area contributed by atoms with Crippen LogP contribution in [0.5, 0.6) is 0 Å². The highest BCUT2D eigenvalue weighted by molar-refractivity contribution is 5.96. The van der Waals surface area contributed by atoms with Gasteiger partial charge in [0.2, 0.25) is 17.7 Å². The largest absolute Gasteiger partial charge is 0.378 e. The highest BCUT2D eigenvalue weighted by Crippen LogP contribution is 2.16. The summed E-state index contributed by atoms with van der Waals surface area (Å²) in [5.41, 5.74) is 0.980. The Morgan fingerprint density at radius 2 is 1.84 bits per heavy atom. The smallest absolute Gasteiger partial charge is 0.245 e. The van der Waals surface area contributed by atoms with Crippen LogP contribution < -0.4 is 0 Å². The molecule has 7 heteroatoms. The minimum absolute atomic E-state index is 0.00839. The Hall–Kier alpha value is -2.41. The molecule has 1 aromatic rings. The molecule has 0 aliphatic carbocycles. The van der Waals surface area contributed by atoms with Gasteiger partial charge in [0.1, 0.15) is 19.1 Å². The lowest BCUT2D eigenvalue weighted by atomic mass is 10.1. The quantitative estimate of drug-likeness (QED) is 0.776. The maximum atomic E-state index is 12.6. The van der Waals surface area contributed by atoms with Crippen LogP contribution >= 0.6 is 0 Å². The number of amides is 3. The van der Waals surface area contributed by atoms with Crippen molar-refractivity contribution >= 4 is 17.7 Å². The monoisotopic (exact) mass is 345 g/mol. The van der Waals surface area contributed by atoms with Crippen LogP contribution in [0.4, 0.5) is 0 Å². The van der Waals surface area contributed by atoms with Crippen molar-refractivity contribution in [1.82, 2.24) is 14.7 Å². The molecule has 1 aromatic carbocycles. The van der Waals surface area contributed by atoms with E-state index in [1.54, 1.807) is 16.7 Å². The third-order valence-electron chi connectivity index (χ3n) is 4.67. The normalized spacial score (nSPS) is 21.6. The predicted molar refractivity (Wildman–Crippen MR) is 90.4 cm³/mol. The number of hydrogen-bond donors (Lipinski definition) is 0. The van der Waals surface area contributed by atoms with E-state index in [4.69, 9.17) is 4.74 Å². The minimum Gasteiger partial charge on any atom is -0.378 e. The van der Waals surface area contributed by atoms with Gasteiger partial charge in [-0.1, -0.05) is 30.3 Å². The zero-order valence-electron chi connectivity index (χ0n) is 14.4. The lowest BCUT2D eigenvalue weighted by Gasteiger charge is -2.39. The van der Waals surface area contributed by atoms with Crippen LogP contribution in [-0.4, -0.2) is 77.9 Å². The molecule has 0 saturated carbocycles. The molecule has 1 atom stereocenters. The van der Waals surface area contributed by atoms with E-state index in [0.29, 0.717) is 32.8 Å². The molecule has 0 bridgehead atoms. The van der Waals surface area contributed by atoms with E-state index in [2.05, 4.69) is 0 Å². The Morgan fingerprint density at radius 3 is 2.52 bits per heavy atom. The Balaban J connectivity index is 1.63. The van der Waals surface area contributed by atoms with Crippen molar-refractivity contribution in [3.8, 4) is 0 Å². The molecule has 2 fully saturated rings. The van der Waals surface area contributed by atoms with Crippen molar-refractivity contribution in [2.24, 2.45) is 0 Å². The van der Waals surface area contributed by atoms with Crippen molar-refractivity contribution in [3.63, 3.8) is 0 Å². The first-order valence-corrected chi connectivity index (χ1v) is 8.54. The molecule has 0 radical (unpaired) electrons. The molecule has 0 unspecified atom stereocenters. The number of carbonyl (C=O) groups is 3. The first-order valence-electron chi connectivity index (χ1n) is 8.54. The van der Waals surface area contributed by atoms with Crippen molar-refractivity contribution in [2.75, 3.05) is 39.4 Å². The highest BCUT2D eigenvalue weighted by Gasteiger charge is 2.38. The molecular formula is C18H23N3O4. The van der Waals surface area contributed by atoms with E-state index in [1.807, 2.05) is 30.3 Å². The van der Waals surface area contributed by atoms with Gasteiger partial charge in [-0.2, -0.15) is 0 Å². The van der Waals surface area contributed by atoms with E-state index in [1.165, 1.54) is 4.90 Å². The summed E-state index contributed by atoms with van der Waals surface area (Å²) < 4.78 is 5.23. The van der Waals surface area contributed by atoms with Crippen LogP contribution in [0.25, 0.3) is 0 Å². The van der Waals surface area contributed by atoms with Crippen molar-refractivity contribution in [1.29, 1.82) is 0 Å². The SMILES string of the molecule is C[C@H]1C(=O)N(Cc2ccccc2)CC(=O)N1CC(=O)N1CCOCC1. The zero-order chi connectivity index (χ0) is 17.8. The van der Waals surface area contributed by atoms with Gasteiger partial charge < -0.3 is 19.4 Å². The Bertz CT molecular complexity index is 643. The second kappa shape index (κ2) is 7.65. The number of rotatable bonds is 4. The average Bonchev–Trinajstić information content (AvgIpc) is 2.64. The Kier molecular flexibility index (Phi) is 5.33. The fraction of sp³-hybridized carbons (Fsp3) is 0.500. The fourth-order valence-corrected chi connectivity index (χ4v) is 3.17. The number of hydrogen-bond acceptors (Lipinski definition) is 4. The maximum Gasteiger partial charge on any atom is 0.245 e. The van der Waals surface area contributed by atoms with Gasteiger partial charge in [-0.25, -0.2) is 0 Å². The van der Waals surface area contributed by atoms with Gasteiger partial charge in [-0.15, -0.1) is 0 Å². The topological polar surface area (TPSA) is 70.2 Å². The minimum atomic E-state index is -0.630. The second-order valence-corrected chi connectivity index (χ2v) is 6.37. The van der Waals surface area contributed by atoms with Crippen LogP contribution in [0.3, 0.4) is 0 Å². The Morgan fingerprint density at radius 1 is 1.16 bits per heavy atom. The zero-order valence-corrected chi connectivity index (χ0v) is 14.4. The van der Waals surface area contributed by atoms with E-state index >= 15 is 0 Å². The number of ether oxygens (including phenoxy) is 1. The Labute approximate surface area is 147 Å². The number of piperazine rings is 1. The molecule has 2 heterocycles. The molecule has 0 spiro atoms. The molecule has 25 heavy (non-hydrogen) atoms. The summed E-state index contributed by atoms with van der Waals surface area (Å²) in [5, 5.41) is 0. The van der Waals surface area contributed by atoms with Gasteiger partial charge >= 0.3 is 0 Å². The van der Waals surface area contributed by atoms with Crippen molar-refractivity contribution in [3.05, 3.63) is 35.9 Å². The molecule has 0 aromatic heterocycles. The highest BCUT2D eigenvalue weighted by atomic mass is 16.5. The standard InChI is InChI=1S/C18H23N3O4/c1-14-18(24)20(11-15-5-3-2-4-6-15)12-17(23)21(14)13-16(22)19-7-9-25-10-8-19/h2-6,14H,7-13H2,1H3/t14-/m0/s1. The predicted octanol–water partition coefficient (Wildman–Crippen LogP) is 0.105. The summed E-state index contributed by atoms with van der Waals surface area (Å²) in [5.74, 6) is -0.448. The van der Waals surface area contributed by atoms with Gasteiger partial charge in [0.05, 0.1) is 13.2 Å². The number of carbonyl (C=O) groups excluding carboxylic acids is 3. The van der Waals surface area contributed by atoms with Crippen LogP contribution in [0.15, 0.2) is 30.3 Å². The van der Waals surface area contributed by atoms with Gasteiger partial charge in [0.25, 0.3) is 0 Å². The molecule has 134 valence electrons. The summed E-state index contributed by atoms with van der Waals surface area (Å²) >= 11 is 0. The van der Waals surface area contributed by atoms with Gasteiger partial charge in [-0.3, -0.25) is 14.4 Å². The van der Waals surface area contributed by atoms with Gasteiger partial charge in [-0.05, 0) is 12.5 Å². The number of morpholine rings is 1. The van der Waals surface area contributed by atoms with Crippen LogP contribution in [0, 0.1) is 0 Å². The summed E-state index contributed by atoms with van der Waals surface area (Å²) in [7, 11) is 0. The van der Waals surface area contributed by atoms with Gasteiger partial charge in [0.15, 0.2) is 0 Å². The fourth-order valence-electron chi connectivity index (χ4n) is 3.17. The summed E-state index contributed by atoms with van der Waals surface area (Å²) in [6.45, 7) is 4.13. The molecule has 3 amide bonds. The summed E-state index contributed by atoms with van der Waals surface area (Å²) in [6.07, 6.45) is 0. The van der Waals surface area contributed by atoms with E-state index in [9.17, 15) is 14.4 Å². The van der Waals surface area contributed by atoms with Gasteiger partial charge in [0, 0.05) is 19.6 Å². The third-order valence-corrected chi connectivity index (χ3v) is 4.67. The molecule has 0 N–H and O–H groups in total. The van der Waals surface area contributed by atoms with Crippen LogP contribution in [-0.2, 0) is 25.7 Å². The molecule has 7 nitrogen and oxygen atoms in total. The van der Waals surface area contributed by atoms with Crippen LogP contribution in [0.2, 0.25) is 0 Å². The molecular weight excluding hydrogens is 322 g/mol. The second-order valence-electron chi connectivity index (χ2n) is 6.37. The van der Waals surface area contributed by atoms with Crippen molar-refractivity contribution < 1.29 is 19.1 Å². The lowest BCUT2D eigenvalue weighted by Crippen LogP contribution is -2.60. The summed E-state index contributed by atoms with van der Waals surface area (Å²) in [6, 6.07) is 8.95.